The predicted molar refractivity (Wildman–Crippen MR) is 165 cm³/mol. The molecule has 2 radical (unpaired) electrons. The van der Waals surface area contributed by atoms with Crippen LogP contribution in [0.1, 0.15) is 44.4 Å². The number of hydrogen-bond acceptors (Lipinski definition) is 0. The van der Waals surface area contributed by atoms with Crippen LogP contribution < -0.4 is 10.4 Å². The van der Waals surface area contributed by atoms with E-state index < -0.39 is 20.8 Å². The molecule has 5 aromatic rings. The number of benzene rings is 4. The van der Waals surface area contributed by atoms with E-state index in [-0.39, 0.29) is 5.41 Å². The molecule has 0 aliphatic carbocycles. The van der Waals surface area contributed by atoms with Crippen LogP contribution in [0.15, 0.2) is 91.0 Å². The SMILES string of the molecule is CCc1cc2c(-c3ccccc3C)c(C(C)(C)C)ccc2[cH-]1.[Cl][Zr+2][Cl].[c-]1cccc2c1[Si]c1ccccc1-2. The Morgan fingerprint density at radius 2 is 1.53 bits per heavy atom. The fraction of sp³-hybridized carbons (Fsp3) is 0.206. The Kier molecular flexibility index (Phi) is 9.99. The van der Waals surface area contributed by atoms with Crippen LogP contribution in [0, 0.1) is 13.0 Å². The summed E-state index contributed by atoms with van der Waals surface area (Å²) < 4.78 is 0. The zero-order valence-electron chi connectivity index (χ0n) is 22.6. The van der Waals surface area contributed by atoms with E-state index in [1.807, 2.05) is 6.07 Å². The fourth-order valence-electron chi connectivity index (χ4n) is 5.04. The van der Waals surface area contributed by atoms with Gasteiger partial charge in [0.2, 0.25) is 0 Å². The van der Waals surface area contributed by atoms with Gasteiger partial charge in [-0.2, -0.15) is 35.5 Å². The van der Waals surface area contributed by atoms with Gasteiger partial charge in [0.25, 0.3) is 0 Å². The van der Waals surface area contributed by atoms with Crippen molar-refractivity contribution in [1.29, 1.82) is 0 Å². The summed E-state index contributed by atoms with van der Waals surface area (Å²) in [5.74, 6) is 0. The van der Waals surface area contributed by atoms with Gasteiger partial charge in [0.1, 0.15) is 0 Å². The van der Waals surface area contributed by atoms with Crippen molar-refractivity contribution in [3.63, 3.8) is 0 Å². The maximum absolute atomic E-state index is 4.93. The zero-order valence-corrected chi connectivity index (χ0v) is 27.6. The van der Waals surface area contributed by atoms with Crippen molar-refractivity contribution in [2.45, 2.75) is 46.5 Å². The van der Waals surface area contributed by atoms with Gasteiger partial charge in [-0.3, -0.25) is 0 Å². The minimum absolute atomic E-state index is 0.134. The van der Waals surface area contributed by atoms with Crippen molar-refractivity contribution in [2.75, 3.05) is 0 Å². The molecule has 1 heterocycles. The summed E-state index contributed by atoms with van der Waals surface area (Å²) in [6.45, 7) is 11.4. The first-order chi connectivity index (χ1) is 18.3. The van der Waals surface area contributed by atoms with E-state index >= 15 is 0 Å². The largest absolute Gasteiger partial charge is 0.184 e. The molecule has 0 unspecified atom stereocenters. The van der Waals surface area contributed by atoms with Crippen LogP contribution in [-0.2, 0) is 32.7 Å². The Hall–Kier alpha value is -1.83. The molecule has 190 valence electrons. The second kappa shape index (κ2) is 13.0. The summed E-state index contributed by atoms with van der Waals surface area (Å²) in [5.41, 5.74) is 9.89. The topological polar surface area (TPSA) is 0 Å². The molecule has 0 atom stereocenters. The number of hydrogen-bond donors (Lipinski definition) is 0. The number of aryl methyl sites for hydroxylation is 2. The fourth-order valence-corrected chi connectivity index (χ4v) is 6.35. The average Bonchev–Trinajstić information content (AvgIpc) is 3.50. The third-order valence-corrected chi connectivity index (χ3v) is 8.28. The molecule has 38 heavy (non-hydrogen) atoms. The van der Waals surface area contributed by atoms with E-state index in [1.165, 1.54) is 60.1 Å². The van der Waals surface area contributed by atoms with Gasteiger partial charge in [-0.05, 0) is 29.9 Å². The maximum atomic E-state index is 4.93. The van der Waals surface area contributed by atoms with Gasteiger partial charge in [-0.15, -0.1) is 40.1 Å². The van der Waals surface area contributed by atoms with Gasteiger partial charge in [0.15, 0.2) is 0 Å². The molecule has 0 aromatic heterocycles. The van der Waals surface area contributed by atoms with Crippen LogP contribution in [0.3, 0.4) is 0 Å². The molecule has 1 aliphatic rings. The Bertz CT molecular complexity index is 1480. The summed E-state index contributed by atoms with van der Waals surface area (Å²) >= 11 is -0.826. The first-order valence-electron chi connectivity index (χ1n) is 12.9. The van der Waals surface area contributed by atoms with E-state index in [0.717, 1.165) is 15.9 Å². The molecule has 1 aliphatic heterocycles. The Labute approximate surface area is 249 Å². The van der Waals surface area contributed by atoms with Crippen molar-refractivity contribution in [3.8, 4) is 22.3 Å². The first-order valence-corrected chi connectivity index (χ1v) is 20.2. The molecule has 0 bridgehead atoms. The number of halogens is 2. The van der Waals surface area contributed by atoms with Gasteiger partial charge in [-0.1, -0.05) is 98.1 Å². The van der Waals surface area contributed by atoms with Crippen LogP contribution in [-0.4, -0.2) is 9.52 Å². The first kappa shape index (κ1) is 29.2. The summed E-state index contributed by atoms with van der Waals surface area (Å²) in [5, 5.41) is 5.59. The van der Waals surface area contributed by atoms with Gasteiger partial charge >= 0.3 is 37.9 Å². The summed E-state index contributed by atoms with van der Waals surface area (Å²) in [7, 11) is 10.7. The molecule has 6 rings (SSSR count). The van der Waals surface area contributed by atoms with Crippen molar-refractivity contribution in [1.82, 2.24) is 0 Å². The molecule has 4 heteroatoms. The number of fused-ring (bicyclic) bond motifs is 4. The van der Waals surface area contributed by atoms with Crippen LogP contribution in [0.25, 0.3) is 33.0 Å². The minimum atomic E-state index is -0.826. The monoisotopic (exact) mass is 628 g/mol. The second-order valence-electron chi connectivity index (χ2n) is 10.5. The predicted octanol–water partition coefficient (Wildman–Crippen LogP) is 8.89. The Morgan fingerprint density at radius 3 is 2.21 bits per heavy atom. The smallest absolute Gasteiger partial charge is 0.0920 e. The van der Waals surface area contributed by atoms with E-state index in [1.54, 1.807) is 0 Å². The normalized spacial score (nSPS) is 11.4. The van der Waals surface area contributed by atoms with Gasteiger partial charge < -0.3 is 0 Å². The van der Waals surface area contributed by atoms with E-state index in [9.17, 15) is 0 Å². The van der Waals surface area contributed by atoms with Crippen LogP contribution in [0.5, 0.6) is 0 Å². The Morgan fingerprint density at radius 1 is 0.868 bits per heavy atom. The second-order valence-corrected chi connectivity index (χ2v) is 15.5. The quantitative estimate of drug-likeness (QED) is 0.132. The third-order valence-electron chi connectivity index (χ3n) is 6.91. The molecular formula is C34H32Cl2SiZr. The molecule has 0 saturated carbocycles. The molecule has 0 nitrogen and oxygen atoms in total. The van der Waals surface area contributed by atoms with Crippen molar-refractivity contribution >= 4 is 47.7 Å². The molecule has 0 saturated heterocycles. The summed E-state index contributed by atoms with van der Waals surface area (Å²) in [6.07, 6.45) is 1.09. The molecule has 0 N–H and O–H groups in total. The third kappa shape index (κ3) is 6.48. The van der Waals surface area contributed by atoms with Gasteiger partial charge in [-0.25, -0.2) is 0 Å². The molecule has 0 amide bonds. The van der Waals surface area contributed by atoms with Crippen molar-refractivity contribution in [3.05, 3.63) is 114 Å². The van der Waals surface area contributed by atoms with Crippen LogP contribution in [0.2, 0.25) is 0 Å². The van der Waals surface area contributed by atoms with Gasteiger partial charge in [0, 0.05) is 0 Å². The van der Waals surface area contributed by atoms with Crippen molar-refractivity contribution in [2.24, 2.45) is 0 Å². The van der Waals surface area contributed by atoms with E-state index in [0.29, 0.717) is 0 Å². The van der Waals surface area contributed by atoms with E-state index in [2.05, 4.69) is 126 Å². The molecule has 5 aromatic carbocycles. The Balaban J connectivity index is 0.000000177. The van der Waals surface area contributed by atoms with Crippen molar-refractivity contribution < 1.29 is 20.8 Å². The van der Waals surface area contributed by atoms with E-state index in [4.69, 9.17) is 17.0 Å². The zero-order chi connectivity index (χ0) is 27.3. The minimum Gasteiger partial charge on any atom is -0.184 e. The standard InChI is InChI=1S/C22H25.C12H7Si.2ClH.Zr/c1-6-16-13-17-11-12-20(22(3,4)5)21(19(17)14-16)18-10-8-7-9-15(18)2;1-3-7-11-9(5-1)10-6-2-4-8-12(10)13-11;;;/h7-14H,6H2,1-5H3;1-7H;2*1H;/q2*-1;;;+4/p-2. The molecule has 0 spiro atoms. The summed E-state index contributed by atoms with van der Waals surface area (Å²) in [4.78, 5) is 0. The molecule has 0 fully saturated rings. The summed E-state index contributed by atoms with van der Waals surface area (Å²) in [6, 6.07) is 36.2. The van der Waals surface area contributed by atoms with Crippen LogP contribution >= 0.6 is 17.0 Å². The number of rotatable bonds is 2. The average molecular weight is 631 g/mol. The maximum Gasteiger partial charge on any atom is 0.0920 e. The molecular weight excluding hydrogens is 599 g/mol. The van der Waals surface area contributed by atoms with Crippen LogP contribution in [0.4, 0.5) is 0 Å². The van der Waals surface area contributed by atoms with Gasteiger partial charge in [0.05, 0.1) is 9.52 Å².